The van der Waals surface area contributed by atoms with Gasteiger partial charge in [0, 0.05) is 44.7 Å². The number of amides is 1. The molecule has 1 amide bonds. The van der Waals surface area contributed by atoms with Crippen molar-refractivity contribution in [3.8, 4) is 0 Å². The minimum Gasteiger partial charge on any atom is -0.390 e. The number of nitrogens with one attached hydrogen (secondary N) is 4. The summed E-state index contributed by atoms with van der Waals surface area (Å²) in [5.74, 6) is -0.115. The lowest BCUT2D eigenvalue weighted by Gasteiger charge is -2.32. The number of hydrazine groups is 1. The molecule has 0 bridgehead atoms. The van der Waals surface area contributed by atoms with E-state index in [1.807, 2.05) is 0 Å². The normalized spacial score (nSPS) is 38.6. The van der Waals surface area contributed by atoms with E-state index in [1.54, 1.807) is 11.9 Å². The molecule has 0 spiro atoms. The maximum Gasteiger partial charge on any atom is 0.242 e. The lowest BCUT2D eigenvalue weighted by Crippen LogP contribution is -2.55. The Morgan fingerprint density at radius 1 is 1.41 bits per heavy atom. The molecule has 1 saturated carbocycles. The molecule has 0 aromatic heterocycles. The lowest BCUT2D eigenvalue weighted by molar-refractivity contribution is -0.133. The van der Waals surface area contributed by atoms with E-state index in [9.17, 15) is 19.4 Å². The maximum absolute atomic E-state index is 13.5. The Bertz CT molecular complexity index is 730. The van der Waals surface area contributed by atoms with Gasteiger partial charge in [-0.25, -0.2) is 14.8 Å². The Balaban J connectivity index is 1.42. The Morgan fingerprint density at radius 2 is 2.24 bits per heavy atom. The predicted molar refractivity (Wildman–Crippen MR) is 104 cm³/mol. The number of aliphatic hydroxyl groups is 2. The highest BCUT2D eigenvalue weighted by Gasteiger charge is 2.47. The number of likely N-dealkylation sites (N-methyl/N-ethyl adjacent to an activating group) is 1. The fourth-order valence-corrected chi connectivity index (χ4v) is 4.50. The number of carbonyl (C=O) groups excluding carboxylic acids is 1. The summed E-state index contributed by atoms with van der Waals surface area (Å²) in [7, 11) is 1.71. The van der Waals surface area contributed by atoms with Crippen LogP contribution in [0.5, 0.6) is 0 Å². The van der Waals surface area contributed by atoms with E-state index in [0.29, 0.717) is 38.2 Å². The second-order valence-electron chi connectivity index (χ2n) is 8.19. The summed E-state index contributed by atoms with van der Waals surface area (Å²) in [6.07, 6.45) is 2.16. The van der Waals surface area contributed by atoms with Crippen molar-refractivity contribution < 1.29 is 19.4 Å². The van der Waals surface area contributed by atoms with Crippen molar-refractivity contribution in [3.05, 3.63) is 12.0 Å². The molecule has 11 heteroatoms. The number of halogens is 1. The van der Waals surface area contributed by atoms with Gasteiger partial charge in [0.25, 0.3) is 0 Å². The van der Waals surface area contributed by atoms with Crippen LogP contribution in [0.15, 0.2) is 22.0 Å². The van der Waals surface area contributed by atoms with Gasteiger partial charge in [-0.3, -0.25) is 15.1 Å². The second-order valence-corrected chi connectivity index (χ2v) is 8.19. The Hall–Kier alpha value is -2.08. The molecule has 0 aromatic carbocycles. The number of hydrogen-bond acceptors (Lipinski definition) is 9. The number of amidine groups is 1. The van der Waals surface area contributed by atoms with Crippen LogP contribution in [0, 0.1) is 11.8 Å². The van der Waals surface area contributed by atoms with Gasteiger partial charge in [-0.15, -0.1) is 0 Å². The molecule has 0 aromatic rings. The van der Waals surface area contributed by atoms with E-state index in [2.05, 4.69) is 31.5 Å². The smallest absolute Gasteiger partial charge is 0.242 e. The first-order valence-electron chi connectivity index (χ1n) is 10.00. The highest BCUT2D eigenvalue weighted by atomic mass is 19.1. The number of carbonyl (C=O) groups is 1. The Kier molecular flexibility index (Phi) is 5.81. The molecule has 4 unspecified atom stereocenters. The number of aliphatic hydroxyl groups excluding tert-OH is 2. The van der Waals surface area contributed by atoms with E-state index in [1.165, 1.54) is 12.5 Å². The van der Waals surface area contributed by atoms with E-state index < -0.39 is 24.4 Å². The zero-order valence-corrected chi connectivity index (χ0v) is 16.3. The summed E-state index contributed by atoms with van der Waals surface area (Å²) >= 11 is 0. The maximum atomic E-state index is 13.5. The Labute approximate surface area is 168 Å². The van der Waals surface area contributed by atoms with Gasteiger partial charge in [-0.05, 0) is 12.8 Å². The van der Waals surface area contributed by atoms with Gasteiger partial charge in [-0.2, -0.15) is 0 Å². The Morgan fingerprint density at radius 3 is 2.97 bits per heavy atom. The molecule has 160 valence electrons. The molecule has 4 rings (SSSR count). The van der Waals surface area contributed by atoms with Crippen molar-refractivity contribution in [3.63, 3.8) is 0 Å². The fraction of sp³-hybridized carbons (Fsp3) is 0.722. The van der Waals surface area contributed by atoms with Crippen LogP contribution in [0.2, 0.25) is 0 Å². The lowest BCUT2D eigenvalue weighted by atomic mass is 9.94. The molecule has 2 fully saturated rings. The molecule has 10 nitrogen and oxygen atoms in total. The fourth-order valence-electron chi connectivity index (χ4n) is 4.50. The summed E-state index contributed by atoms with van der Waals surface area (Å²) < 4.78 is 13.5. The molecule has 3 heterocycles. The van der Waals surface area contributed by atoms with Crippen LogP contribution in [-0.4, -0.2) is 83.8 Å². The first-order valence-corrected chi connectivity index (χ1v) is 10.00. The summed E-state index contributed by atoms with van der Waals surface area (Å²) in [6.45, 7) is 1.05. The molecule has 1 aliphatic carbocycles. The van der Waals surface area contributed by atoms with Gasteiger partial charge in [0.1, 0.15) is 30.2 Å². The number of allylic oxidation sites excluding steroid dienone is 1. The van der Waals surface area contributed by atoms with Crippen LogP contribution in [0.4, 0.5) is 4.39 Å². The standard InChI is InChI=1S/C18H28FN7O3/c1-26(7-9-4-10(19)6-20-5-9)18(29)14-13-16(21-8-22-17(13)25-24-14)23-11-2-3-12(27)15(11)28/h6,8-9,11-16,20,23-24,27-28H,2-5,7H2,1H3,(H,21,22,25)/t9?,11-,12-,13?,14?,15+,16?/m1/s1. The van der Waals surface area contributed by atoms with E-state index in [-0.39, 0.29) is 29.6 Å². The summed E-state index contributed by atoms with van der Waals surface area (Å²) in [4.78, 5) is 23.3. The van der Waals surface area contributed by atoms with Crippen molar-refractivity contribution in [2.75, 3.05) is 20.1 Å². The first-order chi connectivity index (χ1) is 13.9. The summed E-state index contributed by atoms with van der Waals surface area (Å²) in [5.41, 5.74) is 5.95. The third kappa shape index (κ3) is 4.13. The molecule has 4 aliphatic rings. The quantitative estimate of drug-likeness (QED) is 0.316. The van der Waals surface area contributed by atoms with Gasteiger partial charge in [0.05, 0.1) is 18.1 Å². The van der Waals surface area contributed by atoms with Crippen molar-refractivity contribution in [2.24, 2.45) is 21.8 Å². The second kappa shape index (κ2) is 8.34. The highest BCUT2D eigenvalue weighted by Crippen LogP contribution is 2.26. The van der Waals surface area contributed by atoms with Crippen LogP contribution in [0.3, 0.4) is 0 Å². The minimum absolute atomic E-state index is 0.00451. The third-order valence-corrected chi connectivity index (χ3v) is 6.08. The van der Waals surface area contributed by atoms with Crippen molar-refractivity contribution in [2.45, 2.75) is 49.7 Å². The van der Waals surface area contributed by atoms with Gasteiger partial charge in [0.15, 0.2) is 0 Å². The highest BCUT2D eigenvalue weighted by molar-refractivity contribution is 5.99. The SMILES string of the molecule is CN(CC1CNC=C(F)C1)C(=O)C1NNC2=NC=NC(N[C@@H]3CC[C@@H](O)[C@H]3O)C21. The largest absolute Gasteiger partial charge is 0.390 e. The van der Waals surface area contributed by atoms with Gasteiger partial charge in [-0.1, -0.05) is 0 Å². The molecule has 3 aliphatic heterocycles. The molecule has 1 saturated heterocycles. The topological polar surface area (TPSA) is 134 Å². The van der Waals surface area contributed by atoms with Crippen LogP contribution in [0.1, 0.15) is 19.3 Å². The zero-order valence-electron chi connectivity index (χ0n) is 16.3. The average molecular weight is 409 g/mol. The number of fused-ring (bicyclic) bond motifs is 1. The van der Waals surface area contributed by atoms with E-state index in [0.717, 1.165) is 0 Å². The van der Waals surface area contributed by atoms with E-state index in [4.69, 9.17) is 0 Å². The van der Waals surface area contributed by atoms with Gasteiger partial charge in [0.2, 0.25) is 5.91 Å². The number of hydrogen-bond donors (Lipinski definition) is 6. The summed E-state index contributed by atoms with van der Waals surface area (Å²) in [6, 6.07) is -0.905. The molecule has 7 atom stereocenters. The third-order valence-electron chi connectivity index (χ3n) is 6.08. The van der Waals surface area contributed by atoms with Crippen LogP contribution >= 0.6 is 0 Å². The van der Waals surface area contributed by atoms with E-state index >= 15 is 0 Å². The van der Waals surface area contributed by atoms with Crippen LogP contribution in [-0.2, 0) is 4.79 Å². The molecule has 29 heavy (non-hydrogen) atoms. The van der Waals surface area contributed by atoms with Crippen molar-refractivity contribution in [1.29, 1.82) is 0 Å². The minimum atomic E-state index is -0.867. The van der Waals surface area contributed by atoms with Gasteiger partial charge < -0.3 is 25.9 Å². The number of nitrogens with zero attached hydrogens (tertiary/aromatic N) is 3. The van der Waals surface area contributed by atoms with Crippen molar-refractivity contribution >= 4 is 18.1 Å². The number of aliphatic imine (C=N–C) groups is 2. The monoisotopic (exact) mass is 409 g/mol. The van der Waals surface area contributed by atoms with Gasteiger partial charge >= 0.3 is 0 Å². The predicted octanol–water partition coefficient (Wildman–Crippen LogP) is -1.80. The number of rotatable bonds is 5. The van der Waals surface area contributed by atoms with Crippen LogP contribution < -0.4 is 21.5 Å². The average Bonchev–Trinajstić information content (AvgIpc) is 3.27. The molecular weight excluding hydrogens is 381 g/mol. The molecule has 0 radical (unpaired) electrons. The molecule has 6 N–H and O–H groups in total. The van der Waals surface area contributed by atoms with Crippen molar-refractivity contribution in [1.82, 2.24) is 26.4 Å². The first kappa shape index (κ1) is 20.2. The van der Waals surface area contributed by atoms with Crippen LogP contribution in [0.25, 0.3) is 0 Å². The summed E-state index contributed by atoms with van der Waals surface area (Å²) in [5, 5.41) is 26.1. The zero-order chi connectivity index (χ0) is 20.5. The molecular formula is C18H28FN7O3.